The Kier molecular flexibility index (Phi) is 5.74. The minimum Gasteiger partial charge on any atom is -0.381 e. The molecule has 1 atom stereocenters. The minimum atomic E-state index is -0.329. The molecule has 29 heavy (non-hydrogen) atoms. The maximum Gasteiger partial charge on any atom is 0.257 e. The highest BCUT2D eigenvalue weighted by molar-refractivity contribution is 6.07. The van der Waals surface area contributed by atoms with Crippen LogP contribution in [-0.4, -0.2) is 34.9 Å². The topological polar surface area (TPSA) is 45.2 Å². The number of nitrogens with one attached hydrogen (secondary N) is 1. The van der Waals surface area contributed by atoms with E-state index >= 15 is 0 Å². The van der Waals surface area contributed by atoms with Gasteiger partial charge < -0.3 is 10.2 Å². The number of amides is 1. The Labute approximate surface area is 170 Å². The number of carbonyl (C=O) groups is 1. The van der Waals surface area contributed by atoms with Crippen molar-refractivity contribution in [1.82, 2.24) is 9.88 Å². The number of fused-ring (bicyclic) bond motifs is 1. The van der Waals surface area contributed by atoms with E-state index in [4.69, 9.17) is 0 Å². The van der Waals surface area contributed by atoms with Gasteiger partial charge in [-0.25, -0.2) is 4.39 Å². The third kappa shape index (κ3) is 4.39. The van der Waals surface area contributed by atoms with Crippen molar-refractivity contribution in [3.05, 3.63) is 71.7 Å². The highest BCUT2D eigenvalue weighted by Gasteiger charge is 2.24. The van der Waals surface area contributed by atoms with Crippen molar-refractivity contribution < 1.29 is 9.18 Å². The number of anilines is 1. The molecule has 1 amide bonds. The number of halogens is 1. The van der Waals surface area contributed by atoms with Crippen molar-refractivity contribution in [3.63, 3.8) is 0 Å². The Morgan fingerprint density at radius 1 is 1.17 bits per heavy atom. The first-order chi connectivity index (χ1) is 14.1. The van der Waals surface area contributed by atoms with Gasteiger partial charge in [0.25, 0.3) is 5.91 Å². The molecule has 4 nitrogen and oxygen atoms in total. The first-order valence-electron chi connectivity index (χ1n) is 10.3. The smallest absolute Gasteiger partial charge is 0.257 e. The lowest BCUT2D eigenvalue weighted by atomic mass is 10.0. The molecule has 1 N–H and O–H groups in total. The van der Waals surface area contributed by atoms with Crippen molar-refractivity contribution in [3.8, 4) is 0 Å². The van der Waals surface area contributed by atoms with E-state index in [0.717, 1.165) is 38.8 Å². The van der Waals surface area contributed by atoms with Gasteiger partial charge in [-0.05, 0) is 56.4 Å². The standard InChI is InChI=1S/C24H26FN3O/c1-17(9-10-18-7-3-2-4-8-18)27-23-20-15-19(25)11-12-22(20)26-16-21(23)24(29)28-13-5-6-14-28/h2-4,7-8,11-12,15-17H,5-6,9-10,13-14H2,1H3,(H,26,27)/t17-/m0/s1. The molecule has 1 saturated heterocycles. The molecule has 1 fully saturated rings. The summed E-state index contributed by atoms with van der Waals surface area (Å²) in [4.78, 5) is 19.4. The van der Waals surface area contributed by atoms with Crippen molar-refractivity contribution in [2.24, 2.45) is 0 Å². The average Bonchev–Trinajstić information content (AvgIpc) is 3.28. The van der Waals surface area contributed by atoms with E-state index in [1.807, 2.05) is 23.1 Å². The molecule has 2 aromatic carbocycles. The highest BCUT2D eigenvalue weighted by atomic mass is 19.1. The van der Waals surface area contributed by atoms with Gasteiger partial charge in [0.05, 0.1) is 16.8 Å². The van der Waals surface area contributed by atoms with E-state index in [1.165, 1.54) is 17.7 Å². The zero-order valence-corrected chi connectivity index (χ0v) is 16.7. The van der Waals surface area contributed by atoms with Crippen LogP contribution in [0, 0.1) is 5.82 Å². The lowest BCUT2D eigenvalue weighted by Crippen LogP contribution is -2.29. The second-order valence-corrected chi connectivity index (χ2v) is 7.78. The molecule has 0 aliphatic carbocycles. The zero-order chi connectivity index (χ0) is 20.2. The van der Waals surface area contributed by atoms with E-state index in [9.17, 15) is 9.18 Å². The molecular formula is C24H26FN3O. The fraction of sp³-hybridized carbons (Fsp3) is 0.333. The van der Waals surface area contributed by atoms with E-state index in [-0.39, 0.29) is 17.8 Å². The van der Waals surface area contributed by atoms with Gasteiger partial charge in [0, 0.05) is 30.7 Å². The number of likely N-dealkylation sites (tertiary alicyclic amines) is 1. The molecule has 0 saturated carbocycles. The maximum atomic E-state index is 14.0. The highest BCUT2D eigenvalue weighted by Crippen LogP contribution is 2.29. The molecule has 3 aromatic rings. The van der Waals surface area contributed by atoms with Gasteiger partial charge >= 0.3 is 0 Å². The lowest BCUT2D eigenvalue weighted by molar-refractivity contribution is 0.0793. The molecule has 5 heteroatoms. The van der Waals surface area contributed by atoms with Gasteiger partial charge in [-0.1, -0.05) is 30.3 Å². The van der Waals surface area contributed by atoms with Crippen LogP contribution in [0.25, 0.3) is 10.9 Å². The van der Waals surface area contributed by atoms with Crippen LogP contribution in [0.4, 0.5) is 10.1 Å². The molecule has 150 valence electrons. The molecule has 4 rings (SSSR count). The summed E-state index contributed by atoms with van der Waals surface area (Å²) in [6.45, 7) is 3.63. The van der Waals surface area contributed by atoms with Crippen LogP contribution >= 0.6 is 0 Å². The zero-order valence-electron chi connectivity index (χ0n) is 16.7. The summed E-state index contributed by atoms with van der Waals surface area (Å²) in [5.74, 6) is -0.357. The van der Waals surface area contributed by atoms with Crippen LogP contribution in [0.15, 0.2) is 54.7 Å². The second-order valence-electron chi connectivity index (χ2n) is 7.78. The van der Waals surface area contributed by atoms with Gasteiger partial charge in [0.1, 0.15) is 5.82 Å². The molecule has 1 aromatic heterocycles. The van der Waals surface area contributed by atoms with Crippen molar-refractivity contribution >= 4 is 22.5 Å². The molecule has 0 bridgehead atoms. The third-order valence-electron chi connectivity index (χ3n) is 5.55. The maximum absolute atomic E-state index is 14.0. The number of carbonyl (C=O) groups excluding carboxylic acids is 1. The number of nitrogens with zero attached hydrogens (tertiary/aromatic N) is 2. The predicted octanol–water partition coefficient (Wildman–Crippen LogP) is 5.04. The molecule has 0 radical (unpaired) electrons. The summed E-state index contributed by atoms with van der Waals surface area (Å²) in [5, 5.41) is 4.16. The fourth-order valence-corrected chi connectivity index (χ4v) is 3.92. The summed E-state index contributed by atoms with van der Waals surface area (Å²) in [5.41, 5.74) is 3.17. The molecule has 1 aliphatic heterocycles. The fourth-order valence-electron chi connectivity index (χ4n) is 3.92. The van der Waals surface area contributed by atoms with Crippen LogP contribution in [0.2, 0.25) is 0 Å². The molecule has 2 heterocycles. The van der Waals surface area contributed by atoms with Crippen LogP contribution in [-0.2, 0) is 6.42 Å². The van der Waals surface area contributed by atoms with Gasteiger partial charge in [0.15, 0.2) is 0 Å². The Bertz CT molecular complexity index is 1000. The van der Waals surface area contributed by atoms with E-state index in [0.29, 0.717) is 22.2 Å². The average molecular weight is 391 g/mol. The summed E-state index contributed by atoms with van der Waals surface area (Å²) in [6, 6.07) is 15.0. The first-order valence-corrected chi connectivity index (χ1v) is 10.3. The summed E-state index contributed by atoms with van der Waals surface area (Å²) in [6.07, 6.45) is 5.52. The molecule has 0 spiro atoms. The molecule has 0 unspecified atom stereocenters. The van der Waals surface area contributed by atoms with Crippen molar-refractivity contribution in [1.29, 1.82) is 0 Å². The number of hydrogen-bond acceptors (Lipinski definition) is 3. The first kappa shape index (κ1) is 19.4. The van der Waals surface area contributed by atoms with Crippen LogP contribution < -0.4 is 5.32 Å². The number of hydrogen-bond donors (Lipinski definition) is 1. The largest absolute Gasteiger partial charge is 0.381 e. The number of rotatable bonds is 6. The number of aromatic nitrogens is 1. The normalized spacial score (nSPS) is 14.9. The summed E-state index contributed by atoms with van der Waals surface area (Å²) < 4.78 is 14.0. The predicted molar refractivity (Wildman–Crippen MR) is 115 cm³/mol. The quantitative estimate of drug-likeness (QED) is 0.640. The van der Waals surface area contributed by atoms with E-state index in [2.05, 4.69) is 29.4 Å². The minimum absolute atomic E-state index is 0.0288. The van der Waals surface area contributed by atoms with Gasteiger partial charge in [-0.15, -0.1) is 0 Å². The van der Waals surface area contributed by atoms with Gasteiger partial charge in [-0.2, -0.15) is 0 Å². The number of aryl methyl sites for hydroxylation is 1. The summed E-state index contributed by atoms with van der Waals surface area (Å²) in [7, 11) is 0. The molecule has 1 aliphatic rings. The Balaban J connectivity index is 1.63. The van der Waals surface area contributed by atoms with Gasteiger partial charge in [-0.3, -0.25) is 9.78 Å². The second kappa shape index (κ2) is 8.60. The lowest BCUT2D eigenvalue weighted by Gasteiger charge is -2.22. The van der Waals surface area contributed by atoms with Crippen molar-refractivity contribution in [2.75, 3.05) is 18.4 Å². The van der Waals surface area contributed by atoms with Crippen LogP contribution in [0.5, 0.6) is 0 Å². The van der Waals surface area contributed by atoms with E-state index in [1.54, 1.807) is 12.3 Å². The van der Waals surface area contributed by atoms with Crippen LogP contribution in [0.1, 0.15) is 42.1 Å². The van der Waals surface area contributed by atoms with E-state index < -0.39 is 0 Å². The molecular weight excluding hydrogens is 365 g/mol. The Hall–Kier alpha value is -2.95. The number of benzene rings is 2. The van der Waals surface area contributed by atoms with Gasteiger partial charge in [0.2, 0.25) is 0 Å². The Morgan fingerprint density at radius 3 is 2.69 bits per heavy atom. The summed E-state index contributed by atoms with van der Waals surface area (Å²) >= 11 is 0. The van der Waals surface area contributed by atoms with Crippen molar-refractivity contribution in [2.45, 2.75) is 38.6 Å². The SMILES string of the molecule is C[C@@H](CCc1ccccc1)Nc1c(C(=O)N2CCCC2)cnc2ccc(F)cc12. The number of pyridine rings is 1. The monoisotopic (exact) mass is 391 g/mol. The van der Waals surface area contributed by atoms with Crippen LogP contribution in [0.3, 0.4) is 0 Å². The Morgan fingerprint density at radius 2 is 1.93 bits per heavy atom. The third-order valence-corrected chi connectivity index (χ3v) is 5.55.